The van der Waals surface area contributed by atoms with Crippen molar-refractivity contribution >= 4 is 32.6 Å². The zero-order valence-corrected chi connectivity index (χ0v) is 19.1. The first-order valence-electron chi connectivity index (χ1n) is 10.4. The number of anilines is 1. The number of carbonyl (C=O) groups excluding carboxylic acids is 1. The van der Waals surface area contributed by atoms with E-state index in [-0.39, 0.29) is 16.6 Å². The minimum atomic E-state index is -3.37. The summed E-state index contributed by atoms with van der Waals surface area (Å²) in [6, 6.07) is 10.5. The molecule has 168 valence electrons. The van der Waals surface area contributed by atoms with Crippen LogP contribution in [-0.2, 0) is 21.2 Å². The Kier molecular flexibility index (Phi) is 5.85. The summed E-state index contributed by atoms with van der Waals surface area (Å²) in [6.45, 7) is 2.86. The van der Waals surface area contributed by atoms with Crippen molar-refractivity contribution < 1.29 is 17.6 Å². The molecule has 2 heterocycles. The predicted molar refractivity (Wildman–Crippen MR) is 121 cm³/mol. The van der Waals surface area contributed by atoms with E-state index in [1.807, 2.05) is 11.8 Å². The van der Waals surface area contributed by atoms with Gasteiger partial charge in [0.1, 0.15) is 11.9 Å². The van der Waals surface area contributed by atoms with Gasteiger partial charge in [-0.05, 0) is 55.7 Å². The van der Waals surface area contributed by atoms with E-state index in [9.17, 15) is 17.6 Å². The lowest BCUT2D eigenvalue weighted by Crippen LogP contribution is -2.44. The van der Waals surface area contributed by atoms with Crippen LogP contribution in [0.1, 0.15) is 24.1 Å². The average molecular weight is 457 g/mol. The lowest BCUT2D eigenvalue weighted by Gasteiger charge is -2.28. The molecule has 0 bridgehead atoms. The quantitative estimate of drug-likeness (QED) is 0.587. The van der Waals surface area contributed by atoms with Gasteiger partial charge in [-0.2, -0.15) is 0 Å². The monoisotopic (exact) mass is 456 g/mol. The lowest BCUT2D eigenvalue weighted by molar-refractivity contribution is -0.131. The zero-order chi connectivity index (χ0) is 23.0. The minimum absolute atomic E-state index is 0.0574. The van der Waals surface area contributed by atoms with Crippen molar-refractivity contribution in [1.82, 2.24) is 14.9 Å². The molecule has 7 nitrogen and oxygen atoms in total. The van der Waals surface area contributed by atoms with E-state index in [2.05, 4.69) is 9.97 Å². The van der Waals surface area contributed by atoms with Gasteiger partial charge in [-0.1, -0.05) is 12.1 Å². The molecule has 1 saturated heterocycles. The van der Waals surface area contributed by atoms with Gasteiger partial charge in [0, 0.05) is 31.8 Å². The highest BCUT2D eigenvalue weighted by atomic mass is 32.2. The van der Waals surface area contributed by atoms with Crippen LogP contribution in [0.15, 0.2) is 47.4 Å². The Balaban J connectivity index is 1.62. The smallest absolute Gasteiger partial charge is 0.245 e. The molecule has 0 N–H and O–H groups in total. The molecule has 0 saturated carbocycles. The molecule has 9 heteroatoms. The number of aryl methyl sites for hydroxylation is 1. The number of nitrogens with zero attached hydrogens (tertiary/aromatic N) is 4. The van der Waals surface area contributed by atoms with E-state index in [0.717, 1.165) is 29.3 Å². The maximum atomic E-state index is 13.2. The highest BCUT2D eigenvalue weighted by Crippen LogP contribution is 2.28. The van der Waals surface area contributed by atoms with Crippen molar-refractivity contribution in [1.29, 1.82) is 0 Å². The van der Waals surface area contributed by atoms with Gasteiger partial charge in [-0.15, -0.1) is 0 Å². The minimum Gasteiger partial charge on any atom is -0.340 e. The van der Waals surface area contributed by atoms with Crippen LogP contribution in [0.2, 0.25) is 0 Å². The highest BCUT2D eigenvalue weighted by Gasteiger charge is 2.34. The first-order valence-corrected chi connectivity index (χ1v) is 12.3. The standard InChI is InChI=1S/C23H25FN4O3S/c1-15-19-11-10-18(32(3,30)31)13-20(19)26-23(25-15)28-12-4-5-21(28)22(29)27(2)14-16-6-8-17(24)9-7-16/h6-11,13,21H,4-5,12,14H2,1-3H3. The normalized spacial score (nSPS) is 16.5. The number of hydrogen-bond donors (Lipinski definition) is 0. The molecule has 1 amide bonds. The second kappa shape index (κ2) is 8.46. The molecule has 0 aliphatic carbocycles. The Morgan fingerprint density at radius 3 is 2.59 bits per heavy atom. The number of benzene rings is 2. The molecule has 0 spiro atoms. The molecular formula is C23H25FN4O3S. The second-order valence-corrected chi connectivity index (χ2v) is 10.2. The van der Waals surface area contributed by atoms with E-state index in [1.165, 1.54) is 12.1 Å². The molecule has 1 aliphatic rings. The van der Waals surface area contributed by atoms with Crippen molar-refractivity contribution in [2.75, 3.05) is 24.7 Å². The fourth-order valence-corrected chi connectivity index (χ4v) is 4.71. The number of fused-ring (bicyclic) bond motifs is 1. The number of rotatable bonds is 5. The van der Waals surface area contributed by atoms with Gasteiger partial charge in [0.15, 0.2) is 9.84 Å². The van der Waals surface area contributed by atoms with E-state index in [4.69, 9.17) is 0 Å². The van der Waals surface area contributed by atoms with Crippen molar-refractivity contribution in [3.05, 3.63) is 59.5 Å². The first-order chi connectivity index (χ1) is 15.1. The molecule has 0 radical (unpaired) electrons. The van der Waals surface area contributed by atoms with Crippen molar-refractivity contribution in [3.8, 4) is 0 Å². The molecule has 1 aliphatic heterocycles. The van der Waals surface area contributed by atoms with Crippen LogP contribution in [0.5, 0.6) is 0 Å². The largest absolute Gasteiger partial charge is 0.340 e. The highest BCUT2D eigenvalue weighted by molar-refractivity contribution is 7.90. The third kappa shape index (κ3) is 4.43. The number of likely N-dealkylation sites (N-methyl/N-ethyl adjacent to an activating group) is 1. The summed E-state index contributed by atoms with van der Waals surface area (Å²) in [6.07, 6.45) is 2.66. The van der Waals surface area contributed by atoms with Crippen LogP contribution < -0.4 is 4.90 Å². The average Bonchev–Trinajstić information content (AvgIpc) is 3.23. The van der Waals surface area contributed by atoms with Crippen LogP contribution in [0.3, 0.4) is 0 Å². The number of aromatic nitrogens is 2. The number of carbonyl (C=O) groups is 1. The molecular weight excluding hydrogens is 431 g/mol. The number of amides is 1. The Labute approximate surface area is 186 Å². The van der Waals surface area contributed by atoms with Gasteiger partial charge in [0.05, 0.1) is 16.1 Å². The maximum absolute atomic E-state index is 13.2. The summed E-state index contributed by atoms with van der Waals surface area (Å²) >= 11 is 0. The number of hydrogen-bond acceptors (Lipinski definition) is 6. The fraction of sp³-hybridized carbons (Fsp3) is 0.348. The second-order valence-electron chi connectivity index (χ2n) is 8.23. The van der Waals surface area contributed by atoms with Crippen LogP contribution in [0.4, 0.5) is 10.3 Å². The van der Waals surface area contributed by atoms with Crippen molar-refractivity contribution in [3.63, 3.8) is 0 Å². The molecule has 1 unspecified atom stereocenters. The van der Waals surface area contributed by atoms with Crippen molar-refractivity contribution in [2.24, 2.45) is 0 Å². The van der Waals surface area contributed by atoms with E-state index < -0.39 is 15.9 Å². The molecule has 1 atom stereocenters. The van der Waals surface area contributed by atoms with E-state index >= 15 is 0 Å². The lowest BCUT2D eigenvalue weighted by atomic mass is 10.1. The molecule has 2 aromatic carbocycles. The SMILES string of the molecule is Cc1nc(N2CCCC2C(=O)N(C)Cc2ccc(F)cc2)nc2cc(S(C)(=O)=O)ccc12. The van der Waals surface area contributed by atoms with Crippen LogP contribution in [0, 0.1) is 12.7 Å². The Morgan fingerprint density at radius 2 is 1.91 bits per heavy atom. The van der Waals surface area contributed by atoms with Gasteiger partial charge < -0.3 is 9.80 Å². The Bertz CT molecular complexity index is 1280. The van der Waals surface area contributed by atoms with Crippen LogP contribution in [0.25, 0.3) is 10.9 Å². The molecule has 3 aromatic rings. The summed E-state index contributed by atoms with van der Waals surface area (Å²) < 4.78 is 37.1. The third-order valence-electron chi connectivity index (χ3n) is 5.78. The summed E-state index contributed by atoms with van der Waals surface area (Å²) in [5, 5.41) is 0.775. The molecule has 32 heavy (non-hydrogen) atoms. The Hall–Kier alpha value is -3.07. The Morgan fingerprint density at radius 1 is 1.19 bits per heavy atom. The summed E-state index contributed by atoms with van der Waals surface area (Å²) in [5.74, 6) is 0.0531. The van der Waals surface area contributed by atoms with Gasteiger partial charge in [0.2, 0.25) is 11.9 Å². The predicted octanol–water partition coefficient (Wildman–Crippen LogP) is 3.11. The van der Waals surface area contributed by atoms with E-state index in [1.54, 1.807) is 42.3 Å². The summed E-state index contributed by atoms with van der Waals surface area (Å²) in [5.41, 5.74) is 2.11. The molecule has 1 fully saturated rings. The third-order valence-corrected chi connectivity index (χ3v) is 6.89. The topological polar surface area (TPSA) is 83.5 Å². The van der Waals surface area contributed by atoms with Crippen LogP contribution in [-0.4, -0.2) is 55.1 Å². The van der Waals surface area contributed by atoms with E-state index in [0.29, 0.717) is 31.0 Å². The fourth-order valence-electron chi connectivity index (χ4n) is 4.07. The zero-order valence-electron chi connectivity index (χ0n) is 18.2. The number of sulfone groups is 1. The summed E-state index contributed by atoms with van der Waals surface area (Å²) in [7, 11) is -1.64. The molecule has 4 rings (SSSR count). The van der Waals surface area contributed by atoms with Gasteiger partial charge in [-0.25, -0.2) is 22.8 Å². The van der Waals surface area contributed by atoms with Crippen molar-refractivity contribution in [2.45, 2.75) is 37.2 Å². The van der Waals surface area contributed by atoms with Gasteiger partial charge in [0.25, 0.3) is 0 Å². The van der Waals surface area contributed by atoms with Gasteiger partial charge in [-0.3, -0.25) is 4.79 Å². The van der Waals surface area contributed by atoms with Gasteiger partial charge >= 0.3 is 0 Å². The first kappa shape index (κ1) is 22.1. The molecule has 1 aromatic heterocycles. The number of halogens is 1. The summed E-state index contributed by atoms with van der Waals surface area (Å²) in [4.78, 5) is 26.2. The van der Waals surface area contributed by atoms with Crippen LogP contribution >= 0.6 is 0 Å². The maximum Gasteiger partial charge on any atom is 0.245 e.